The second kappa shape index (κ2) is 3.49. The molecule has 1 fully saturated rings. The normalized spacial score (nSPS) is 28.3. The highest BCUT2D eigenvalue weighted by Gasteiger charge is 2.28. The molecule has 0 bridgehead atoms. The summed E-state index contributed by atoms with van der Waals surface area (Å²) in [5.74, 6) is 1.47. The highest BCUT2D eigenvalue weighted by Crippen LogP contribution is 2.37. The minimum absolute atomic E-state index is 0.717. The maximum atomic E-state index is 3.47. The molecule has 1 N–H and O–H groups in total. The molecule has 0 amide bonds. The standard InChI is InChI=1S/C14H17N/c1-10-2-5-13-11(8-10)3-4-12-9-15-7-6-14(12)13/h2-5,8,12,14-15H,6-7,9H2,1H3/t12-,14-/m1/s1. The zero-order chi connectivity index (χ0) is 10.3. The van der Waals surface area contributed by atoms with Crippen LogP contribution in [0.3, 0.4) is 0 Å². The van der Waals surface area contributed by atoms with Crippen molar-refractivity contribution in [2.45, 2.75) is 19.3 Å². The van der Waals surface area contributed by atoms with Crippen LogP contribution in [0, 0.1) is 12.8 Å². The molecule has 0 radical (unpaired) electrons. The number of hydrogen-bond donors (Lipinski definition) is 1. The van der Waals surface area contributed by atoms with Crippen molar-refractivity contribution in [3.8, 4) is 0 Å². The summed E-state index contributed by atoms with van der Waals surface area (Å²) >= 11 is 0. The molecule has 2 aliphatic rings. The third-order valence-electron chi connectivity index (χ3n) is 3.69. The lowest BCUT2D eigenvalue weighted by Crippen LogP contribution is -2.35. The van der Waals surface area contributed by atoms with Crippen LogP contribution in [-0.4, -0.2) is 13.1 Å². The Morgan fingerprint density at radius 1 is 1.33 bits per heavy atom. The molecule has 1 saturated heterocycles. The molecule has 1 aliphatic heterocycles. The fourth-order valence-corrected chi connectivity index (χ4v) is 2.87. The van der Waals surface area contributed by atoms with E-state index in [0.29, 0.717) is 5.92 Å². The van der Waals surface area contributed by atoms with Gasteiger partial charge >= 0.3 is 0 Å². The van der Waals surface area contributed by atoms with Gasteiger partial charge in [0, 0.05) is 6.54 Å². The zero-order valence-electron chi connectivity index (χ0n) is 9.16. The van der Waals surface area contributed by atoms with Gasteiger partial charge in [0.2, 0.25) is 0 Å². The Labute approximate surface area is 91.2 Å². The summed E-state index contributed by atoms with van der Waals surface area (Å²) in [6.45, 7) is 4.49. The van der Waals surface area contributed by atoms with Crippen LogP contribution in [0.4, 0.5) is 0 Å². The zero-order valence-corrected chi connectivity index (χ0v) is 9.16. The van der Waals surface area contributed by atoms with Gasteiger partial charge in [-0.1, -0.05) is 35.9 Å². The molecule has 3 rings (SSSR count). The van der Waals surface area contributed by atoms with Crippen molar-refractivity contribution in [1.82, 2.24) is 5.32 Å². The van der Waals surface area contributed by atoms with E-state index in [9.17, 15) is 0 Å². The van der Waals surface area contributed by atoms with Gasteiger partial charge in [0.15, 0.2) is 0 Å². The first kappa shape index (κ1) is 9.17. The Morgan fingerprint density at radius 3 is 3.20 bits per heavy atom. The molecule has 0 spiro atoms. The predicted octanol–water partition coefficient (Wildman–Crippen LogP) is 2.71. The number of piperidine rings is 1. The predicted molar refractivity (Wildman–Crippen MR) is 63.9 cm³/mol. The minimum Gasteiger partial charge on any atom is -0.316 e. The fraction of sp³-hybridized carbons (Fsp3) is 0.429. The van der Waals surface area contributed by atoms with Gasteiger partial charge in [0.25, 0.3) is 0 Å². The van der Waals surface area contributed by atoms with E-state index in [-0.39, 0.29) is 0 Å². The lowest BCUT2D eigenvalue weighted by molar-refractivity contribution is 0.378. The van der Waals surface area contributed by atoms with Crippen molar-refractivity contribution < 1.29 is 0 Å². The van der Waals surface area contributed by atoms with Gasteiger partial charge in [-0.2, -0.15) is 0 Å². The van der Waals surface area contributed by atoms with Crippen molar-refractivity contribution in [3.63, 3.8) is 0 Å². The maximum Gasteiger partial charge on any atom is 0.00202 e. The largest absolute Gasteiger partial charge is 0.316 e. The van der Waals surface area contributed by atoms with Crippen molar-refractivity contribution >= 4 is 6.08 Å². The van der Waals surface area contributed by atoms with Crippen LogP contribution in [0.5, 0.6) is 0 Å². The number of rotatable bonds is 0. The Balaban J connectivity index is 2.05. The second-order valence-electron chi connectivity index (χ2n) is 4.75. The number of fused-ring (bicyclic) bond motifs is 3. The Hall–Kier alpha value is -1.08. The van der Waals surface area contributed by atoms with E-state index in [1.165, 1.54) is 24.1 Å². The molecule has 15 heavy (non-hydrogen) atoms. The smallest absolute Gasteiger partial charge is 0.00202 e. The molecule has 1 aromatic rings. The Morgan fingerprint density at radius 2 is 2.27 bits per heavy atom. The average Bonchev–Trinajstić information content (AvgIpc) is 2.28. The molecule has 0 saturated carbocycles. The average molecular weight is 199 g/mol. The summed E-state index contributed by atoms with van der Waals surface area (Å²) in [6.07, 6.45) is 5.97. The first-order chi connectivity index (χ1) is 7.34. The fourth-order valence-electron chi connectivity index (χ4n) is 2.87. The van der Waals surface area contributed by atoms with Crippen LogP contribution in [0.15, 0.2) is 24.3 Å². The molecular weight excluding hydrogens is 182 g/mol. The van der Waals surface area contributed by atoms with Crippen LogP contribution in [0.1, 0.15) is 29.0 Å². The van der Waals surface area contributed by atoms with E-state index in [1.54, 1.807) is 5.56 Å². The summed E-state index contributed by atoms with van der Waals surface area (Å²) in [4.78, 5) is 0. The monoisotopic (exact) mass is 199 g/mol. The van der Waals surface area contributed by atoms with Gasteiger partial charge in [-0.3, -0.25) is 0 Å². The molecule has 1 aliphatic carbocycles. The highest BCUT2D eigenvalue weighted by molar-refractivity contribution is 5.59. The van der Waals surface area contributed by atoms with Crippen molar-refractivity contribution in [2.75, 3.05) is 13.1 Å². The Kier molecular flexibility index (Phi) is 2.14. The van der Waals surface area contributed by atoms with Crippen LogP contribution >= 0.6 is 0 Å². The van der Waals surface area contributed by atoms with Gasteiger partial charge in [-0.25, -0.2) is 0 Å². The minimum atomic E-state index is 0.717. The van der Waals surface area contributed by atoms with Crippen molar-refractivity contribution in [3.05, 3.63) is 41.0 Å². The molecule has 1 heteroatoms. The number of hydrogen-bond acceptors (Lipinski definition) is 1. The molecule has 1 nitrogen and oxygen atoms in total. The molecule has 0 aromatic heterocycles. The molecule has 0 unspecified atom stereocenters. The second-order valence-corrected chi connectivity index (χ2v) is 4.75. The molecular formula is C14H17N. The van der Waals surface area contributed by atoms with Gasteiger partial charge in [-0.05, 0) is 42.9 Å². The molecule has 2 atom stereocenters. The summed E-state index contributed by atoms with van der Waals surface area (Å²) < 4.78 is 0. The van der Waals surface area contributed by atoms with E-state index in [2.05, 4.69) is 42.6 Å². The third-order valence-corrected chi connectivity index (χ3v) is 3.69. The number of nitrogens with one attached hydrogen (secondary N) is 1. The lowest BCUT2D eigenvalue weighted by Gasteiger charge is -2.34. The van der Waals surface area contributed by atoms with Crippen LogP contribution in [0.2, 0.25) is 0 Å². The summed E-state index contributed by atoms with van der Waals surface area (Å²) in [7, 11) is 0. The SMILES string of the molecule is Cc1ccc2c(c1)C=C[C@@H]1CNCC[C@@H]21. The first-order valence-electron chi connectivity index (χ1n) is 5.84. The van der Waals surface area contributed by atoms with E-state index in [4.69, 9.17) is 0 Å². The summed E-state index contributed by atoms with van der Waals surface area (Å²) in [5.41, 5.74) is 4.37. The Bertz CT molecular complexity index is 406. The van der Waals surface area contributed by atoms with E-state index in [0.717, 1.165) is 12.5 Å². The quantitative estimate of drug-likeness (QED) is 0.677. The van der Waals surface area contributed by atoms with Gasteiger partial charge in [0.05, 0.1) is 0 Å². The summed E-state index contributed by atoms with van der Waals surface area (Å²) in [6, 6.07) is 6.89. The molecule has 1 heterocycles. The van der Waals surface area contributed by atoms with E-state index >= 15 is 0 Å². The molecule has 1 aromatic carbocycles. The maximum absolute atomic E-state index is 3.47. The van der Waals surface area contributed by atoms with Crippen LogP contribution in [-0.2, 0) is 0 Å². The number of aryl methyl sites for hydroxylation is 1. The lowest BCUT2D eigenvalue weighted by atomic mass is 9.75. The number of benzene rings is 1. The summed E-state index contributed by atoms with van der Waals surface area (Å²) in [5, 5.41) is 3.47. The van der Waals surface area contributed by atoms with Gasteiger partial charge in [0.1, 0.15) is 0 Å². The molecule has 78 valence electrons. The van der Waals surface area contributed by atoms with Crippen LogP contribution in [0.25, 0.3) is 6.08 Å². The van der Waals surface area contributed by atoms with E-state index in [1.807, 2.05) is 0 Å². The van der Waals surface area contributed by atoms with E-state index < -0.39 is 0 Å². The van der Waals surface area contributed by atoms with Crippen molar-refractivity contribution in [2.24, 2.45) is 5.92 Å². The van der Waals surface area contributed by atoms with Gasteiger partial charge < -0.3 is 5.32 Å². The first-order valence-corrected chi connectivity index (χ1v) is 5.84. The highest BCUT2D eigenvalue weighted by atomic mass is 14.9. The van der Waals surface area contributed by atoms with Crippen LogP contribution < -0.4 is 5.32 Å². The third kappa shape index (κ3) is 1.51. The van der Waals surface area contributed by atoms with Crippen molar-refractivity contribution in [1.29, 1.82) is 0 Å². The van der Waals surface area contributed by atoms with Gasteiger partial charge in [-0.15, -0.1) is 0 Å². The topological polar surface area (TPSA) is 12.0 Å².